The summed E-state index contributed by atoms with van der Waals surface area (Å²) in [7, 11) is 0. The Hall–Kier alpha value is -1.86. The van der Waals surface area contributed by atoms with Gasteiger partial charge in [0.1, 0.15) is 5.78 Å². The van der Waals surface area contributed by atoms with Crippen LogP contribution < -0.4 is 0 Å². The van der Waals surface area contributed by atoms with Gasteiger partial charge in [-0.05, 0) is 37.0 Å². The topological polar surface area (TPSA) is 34.1 Å². The van der Waals surface area contributed by atoms with Crippen molar-refractivity contribution in [2.24, 2.45) is 11.3 Å². The molecule has 1 atom stereocenters. The van der Waals surface area contributed by atoms with Crippen molar-refractivity contribution in [1.82, 2.24) is 0 Å². The Balaban J connectivity index is 2.42. The minimum Gasteiger partial charge on any atom is -0.299 e. The van der Waals surface area contributed by atoms with E-state index >= 15 is 0 Å². The molecule has 38 heavy (non-hydrogen) atoms. The number of carbonyl (C=O) groups is 2. The number of hydrogen-bond acceptors (Lipinski definition) is 2. The fourth-order valence-corrected chi connectivity index (χ4v) is 4.63. The number of carbonyl (C=O) groups excluding carboxylic acids is 2. The monoisotopic (exact) mass is 550 g/mol. The van der Waals surface area contributed by atoms with Crippen LogP contribution in [0.3, 0.4) is 0 Å². The second kappa shape index (κ2) is 15.7. The van der Waals surface area contributed by atoms with Crippen molar-refractivity contribution in [2.75, 3.05) is 0 Å². The predicted octanol–water partition coefficient (Wildman–Crippen LogP) is 10.6. The minimum absolute atomic E-state index is 0.0437. The molecule has 0 spiro atoms. The van der Waals surface area contributed by atoms with E-state index in [1.54, 1.807) is 0 Å². The van der Waals surface area contributed by atoms with Gasteiger partial charge in [-0.2, -0.15) is 26.3 Å². The Labute approximate surface area is 224 Å². The van der Waals surface area contributed by atoms with Crippen LogP contribution in [0.15, 0.2) is 18.2 Å². The average Bonchev–Trinajstić information content (AvgIpc) is 2.80. The van der Waals surface area contributed by atoms with Crippen LogP contribution in [0.1, 0.15) is 139 Å². The molecule has 0 heterocycles. The molecule has 0 aromatic heterocycles. The summed E-state index contributed by atoms with van der Waals surface area (Å²) < 4.78 is 78.4. The first kappa shape index (κ1) is 34.2. The van der Waals surface area contributed by atoms with Gasteiger partial charge in [-0.3, -0.25) is 9.59 Å². The summed E-state index contributed by atoms with van der Waals surface area (Å²) in [5.41, 5.74) is -3.73. The van der Waals surface area contributed by atoms with Gasteiger partial charge in [-0.1, -0.05) is 91.9 Å². The molecule has 1 aromatic carbocycles. The highest BCUT2D eigenvalue weighted by molar-refractivity contribution is 5.96. The summed E-state index contributed by atoms with van der Waals surface area (Å²) in [4.78, 5) is 24.4. The number of hydrogen-bond donors (Lipinski definition) is 0. The van der Waals surface area contributed by atoms with E-state index in [9.17, 15) is 35.9 Å². The van der Waals surface area contributed by atoms with Crippen molar-refractivity contribution in [2.45, 2.75) is 130 Å². The zero-order chi connectivity index (χ0) is 29.0. The molecule has 0 aliphatic rings. The largest absolute Gasteiger partial charge is 0.416 e. The summed E-state index contributed by atoms with van der Waals surface area (Å²) in [5.74, 6) is 0.00607. The predicted molar refractivity (Wildman–Crippen MR) is 139 cm³/mol. The van der Waals surface area contributed by atoms with Crippen molar-refractivity contribution in [3.05, 3.63) is 34.9 Å². The fourth-order valence-electron chi connectivity index (χ4n) is 4.63. The third-order valence-electron chi connectivity index (χ3n) is 6.98. The SMILES string of the molecule is CCCC(CCCCCCCCCC(=O)C(C)(C)C)CCCC(=O)c1cc(C(F)(F)F)cc(C(F)(F)F)c1. The van der Waals surface area contributed by atoms with Crippen molar-refractivity contribution in [1.29, 1.82) is 0 Å². The third-order valence-corrected chi connectivity index (χ3v) is 6.98. The molecule has 0 aliphatic carbocycles. The van der Waals surface area contributed by atoms with Gasteiger partial charge in [-0.15, -0.1) is 0 Å². The fraction of sp³-hybridized carbons (Fsp3) is 0.733. The third kappa shape index (κ3) is 13.3. The second-order valence-electron chi connectivity index (χ2n) is 11.5. The Morgan fingerprint density at radius 3 is 1.61 bits per heavy atom. The van der Waals surface area contributed by atoms with Gasteiger partial charge in [-0.25, -0.2) is 0 Å². The van der Waals surface area contributed by atoms with Crippen molar-refractivity contribution in [3.63, 3.8) is 0 Å². The van der Waals surface area contributed by atoms with Crippen LogP contribution in [-0.4, -0.2) is 11.6 Å². The number of alkyl halides is 6. The molecule has 0 aliphatic heterocycles. The molecule has 0 fully saturated rings. The van der Waals surface area contributed by atoms with Crippen LogP contribution in [0.25, 0.3) is 0 Å². The summed E-state index contributed by atoms with van der Waals surface area (Å²) in [6, 6.07) is 1.08. The smallest absolute Gasteiger partial charge is 0.299 e. The summed E-state index contributed by atoms with van der Waals surface area (Å²) >= 11 is 0. The van der Waals surface area contributed by atoms with Gasteiger partial charge in [0, 0.05) is 23.8 Å². The zero-order valence-corrected chi connectivity index (χ0v) is 23.3. The van der Waals surface area contributed by atoms with Crippen LogP contribution in [0.5, 0.6) is 0 Å². The summed E-state index contributed by atoms with van der Waals surface area (Å²) in [5, 5.41) is 0. The second-order valence-corrected chi connectivity index (χ2v) is 11.5. The van der Waals surface area contributed by atoms with Gasteiger partial charge >= 0.3 is 12.4 Å². The van der Waals surface area contributed by atoms with Crippen molar-refractivity contribution < 1.29 is 35.9 Å². The van der Waals surface area contributed by atoms with E-state index in [4.69, 9.17) is 0 Å². The molecule has 0 saturated carbocycles. The van der Waals surface area contributed by atoms with E-state index < -0.39 is 34.8 Å². The number of rotatable bonds is 17. The van der Waals surface area contributed by atoms with E-state index in [0.29, 0.717) is 36.7 Å². The molecule has 0 amide bonds. The molecule has 0 saturated heterocycles. The first-order valence-electron chi connectivity index (χ1n) is 13.9. The molecule has 8 heteroatoms. The first-order valence-corrected chi connectivity index (χ1v) is 13.9. The lowest BCUT2D eigenvalue weighted by atomic mass is 9.87. The molecule has 0 N–H and O–H groups in total. The maximum absolute atomic E-state index is 13.1. The van der Waals surface area contributed by atoms with E-state index in [-0.39, 0.29) is 17.9 Å². The summed E-state index contributed by atoms with van der Waals surface area (Å²) in [6.07, 6.45) is 2.31. The van der Waals surface area contributed by atoms with Crippen LogP contribution in [0.2, 0.25) is 0 Å². The highest BCUT2D eigenvalue weighted by Crippen LogP contribution is 2.36. The van der Waals surface area contributed by atoms with E-state index in [1.807, 2.05) is 20.8 Å². The maximum Gasteiger partial charge on any atom is 0.416 e. The number of ketones is 2. The molecule has 1 unspecified atom stereocenters. The quantitative estimate of drug-likeness (QED) is 0.110. The van der Waals surface area contributed by atoms with E-state index in [1.165, 1.54) is 0 Å². The standard InChI is InChI=1S/C30H44F6O2/c1-5-14-22(15-11-9-7-6-8-10-12-18-27(38)28(2,3)4)16-13-17-26(37)23-19-24(29(31,32)33)21-25(20-23)30(34,35)36/h19-22H,5-18H2,1-4H3. The number of benzene rings is 1. The molecular formula is C30H44F6O2. The Morgan fingerprint density at radius 2 is 1.13 bits per heavy atom. The first-order chi connectivity index (χ1) is 17.6. The molecule has 0 bridgehead atoms. The number of unbranched alkanes of at least 4 members (excludes halogenated alkanes) is 6. The lowest BCUT2D eigenvalue weighted by molar-refractivity contribution is -0.143. The van der Waals surface area contributed by atoms with Crippen LogP contribution >= 0.6 is 0 Å². The van der Waals surface area contributed by atoms with Crippen molar-refractivity contribution in [3.8, 4) is 0 Å². The van der Waals surface area contributed by atoms with Gasteiger partial charge in [0.2, 0.25) is 0 Å². The van der Waals surface area contributed by atoms with Crippen LogP contribution in [-0.2, 0) is 17.1 Å². The van der Waals surface area contributed by atoms with E-state index in [0.717, 1.165) is 70.6 Å². The molecule has 1 rings (SSSR count). The van der Waals surface area contributed by atoms with Crippen LogP contribution in [0.4, 0.5) is 26.3 Å². The molecule has 1 aromatic rings. The zero-order valence-electron chi connectivity index (χ0n) is 23.3. The highest BCUT2D eigenvalue weighted by Gasteiger charge is 2.37. The van der Waals surface area contributed by atoms with Gasteiger partial charge in [0.15, 0.2) is 5.78 Å². The number of halogens is 6. The van der Waals surface area contributed by atoms with Gasteiger partial charge in [0.25, 0.3) is 0 Å². The molecular weight excluding hydrogens is 506 g/mol. The molecule has 0 radical (unpaired) electrons. The van der Waals surface area contributed by atoms with Gasteiger partial charge in [0.05, 0.1) is 11.1 Å². The van der Waals surface area contributed by atoms with E-state index in [2.05, 4.69) is 6.92 Å². The minimum atomic E-state index is -4.96. The Morgan fingerprint density at radius 1 is 0.658 bits per heavy atom. The summed E-state index contributed by atoms with van der Waals surface area (Å²) in [6.45, 7) is 7.91. The maximum atomic E-state index is 13.1. The molecule has 218 valence electrons. The lowest BCUT2D eigenvalue weighted by Crippen LogP contribution is -2.19. The Kier molecular flexibility index (Phi) is 14.1. The van der Waals surface area contributed by atoms with Crippen molar-refractivity contribution >= 4 is 11.6 Å². The average molecular weight is 551 g/mol. The normalized spacial score (nSPS) is 13.5. The Bertz CT molecular complexity index is 833. The highest BCUT2D eigenvalue weighted by atomic mass is 19.4. The van der Waals surface area contributed by atoms with Crippen LogP contribution in [0, 0.1) is 11.3 Å². The number of Topliss-reactive ketones (excluding diaryl/α,β-unsaturated/α-hetero) is 2. The van der Waals surface area contributed by atoms with Gasteiger partial charge < -0.3 is 0 Å². The lowest BCUT2D eigenvalue weighted by Gasteiger charge is -2.17. The molecule has 2 nitrogen and oxygen atoms in total.